The largest absolute Gasteiger partial charge is 0.383 e. The summed E-state index contributed by atoms with van der Waals surface area (Å²) in [5, 5.41) is 3.08. The molecule has 0 aliphatic heterocycles. The Bertz CT molecular complexity index is 914. The van der Waals surface area contributed by atoms with E-state index in [1.807, 2.05) is 4.57 Å². The normalized spacial score (nSPS) is 15.7. The van der Waals surface area contributed by atoms with E-state index in [4.69, 9.17) is 4.74 Å². The average molecular weight is 436 g/mol. The number of nitrogens with one attached hydrogen (secondary N) is 1. The zero-order valence-corrected chi connectivity index (χ0v) is 18.7. The van der Waals surface area contributed by atoms with Crippen molar-refractivity contribution in [3.8, 4) is 0 Å². The molecule has 8 heteroatoms. The van der Waals surface area contributed by atoms with Crippen LogP contribution >= 0.6 is 23.1 Å². The predicted molar refractivity (Wildman–Crippen MR) is 119 cm³/mol. The van der Waals surface area contributed by atoms with Gasteiger partial charge in [0.15, 0.2) is 4.80 Å². The highest BCUT2D eigenvalue weighted by atomic mass is 32.2. The summed E-state index contributed by atoms with van der Waals surface area (Å²) >= 11 is 2.84. The summed E-state index contributed by atoms with van der Waals surface area (Å²) in [4.78, 5) is 29.5. The second-order valence-corrected chi connectivity index (χ2v) is 9.40. The SMILES string of the molecule is COCCn1c(=NC(=O)CSCC(=O)NC2CCCCC2)sc2cc(C)ccc21. The lowest BCUT2D eigenvalue weighted by atomic mass is 9.95. The minimum absolute atomic E-state index is 0.0159. The van der Waals surface area contributed by atoms with Crippen molar-refractivity contribution in [1.29, 1.82) is 0 Å². The van der Waals surface area contributed by atoms with Crippen molar-refractivity contribution in [3.63, 3.8) is 0 Å². The highest BCUT2D eigenvalue weighted by Gasteiger charge is 2.16. The molecule has 1 aliphatic rings. The van der Waals surface area contributed by atoms with E-state index in [0.717, 1.165) is 23.1 Å². The van der Waals surface area contributed by atoms with E-state index >= 15 is 0 Å². The van der Waals surface area contributed by atoms with Gasteiger partial charge in [0.1, 0.15) is 0 Å². The van der Waals surface area contributed by atoms with Gasteiger partial charge >= 0.3 is 0 Å². The van der Waals surface area contributed by atoms with Crippen molar-refractivity contribution in [2.45, 2.75) is 51.6 Å². The summed E-state index contributed by atoms with van der Waals surface area (Å²) in [5.41, 5.74) is 2.23. The number of amides is 2. The summed E-state index contributed by atoms with van der Waals surface area (Å²) in [5.74, 6) is 0.306. The molecule has 1 aromatic carbocycles. The number of rotatable bonds is 8. The minimum atomic E-state index is -0.213. The van der Waals surface area contributed by atoms with Crippen LogP contribution in [0.4, 0.5) is 0 Å². The van der Waals surface area contributed by atoms with E-state index in [9.17, 15) is 9.59 Å². The Morgan fingerprint density at radius 2 is 2.07 bits per heavy atom. The Morgan fingerprint density at radius 3 is 2.83 bits per heavy atom. The molecule has 1 N–H and O–H groups in total. The molecule has 1 fully saturated rings. The predicted octanol–water partition coefficient (Wildman–Crippen LogP) is 3.27. The molecule has 2 amide bonds. The lowest BCUT2D eigenvalue weighted by Crippen LogP contribution is -2.37. The standard InChI is InChI=1S/C21H29N3O3S2/c1-15-8-9-17-18(12-15)29-21(24(17)10-11-27-2)23-20(26)14-28-13-19(25)22-16-6-4-3-5-7-16/h8-9,12,16H,3-7,10-11,13-14H2,1-2H3,(H,22,25). The van der Waals surface area contributed by atoms with Crippen molar-refractivity contribution in [1.82, 2.24) is 9.88 Å². The first-order chi connectivity index (χ1) is 14.1. The molecule has 0 spiro atoms. The van der Waals surface area contributed by atoms with Gasteiger partial charge in [0.2, 0.25) is 5.91 Å². The number of thiazole rings is 1. The minimum Gasteiger partial charge on any atom is -0.383 e. The molecule has 0 bridgehead atoms. The van der Waals surface area contributed by atoms with Crippen molar-refractivity contribution in [2.24, 2.45) is 4.99 Å². The number of fused-ring (bicyclic) bond motifs is 1. The fourth-order valence-electron chi connectivity index (χ4n) is 3.55. The number of aromatic nitrogens is 1. The van der Waals surface area contributed by atoms with Gasteiger partial charge in [-0.3, -0.25) is 9.59 Å². The molecule has 1 heterocycles. The quantitative estimate of drug-likeness (QED) is 0.691. The molecule has 1 saturated carbocycles. The van der Waals surface area contributed by atoms with Gasteiger partial charge in [-0.2, -0.15) is 4.99 Å². The molecular weight excluding hydrogens is 406 g/mol. The third-order valence-electron chi connectivity index (χ3n) is 5.01. The Morgan fingerprint density at radius 1 is 1.28 bits per heavy atom. The molecule has 1 aliphatic carbocycles. The van der Waals surface area contributed by atoms with Crippen LogP contribution in [-0.2, 0) is 20.9 Å². The van der Waals surface area contributed by atoms with Crippen LogP contribution in [0.1, 0.15) is 37.7 Å². The highest BCUT2D eigenvalue weighted by Crippen LogP contribution is 2.19. The Labute approximate surface area is 179 Å². The molecule has 2 aromatic rings. The third kappa shape index (κ3) is 6.42. The zero-order valence-electron chi connectivity index (χ0n) is 17.1. The summed E-state index contributed by atoms with van der Waals surface area (Å²) in [6.07, 6.45) is 5.77. The van der Waals surface area contributed by atoms with Crippen molar-refractivity contribution in [3.05, 3.63) is 28.6 Å². The lowest BCUT2D eigenvalue weighted by molar-refractivity contribution is -0.119. The number of aryl methyl sites for hydroxylation is 1. The molecule has 3 rings (SSSR count). The van der Waals surface area contributed by atoms with E-state index in [-0.39, 0.29) is 17.6 Å². The van der Waals surface area contributed by atoms with Crippen molar-refractivity contribution < 1.29 is 14.3 Å². The van der Waals surface area contributed by atoms with E-state index in [1.165, 1.54) is 47.9 Å². The Kier molecular flexibility index (Phi) is 8.32. The molecule has 1 aromatic heterocycles. The first kappa shape index (κ1) is 22.1. The fourth-order valence-corrected chi connectivity index (χ4v) is 5.33. The molecule has 0 unspecified atom stereocenters. The maximum Gasteiger partial charge on any atom is 0.258 e. The Hall–Kier alpha value is -1.64. The maximum atomic E-state index is 12.4. The number of carbonyl (C=O) groups is 2. The average Bonchev–Trinajstić information content (AvgIpc) is 3.02. The van der Waals surface area contributed by atoms with Crippen LogP contribution in [0, 0.1) is 6.92 Å². The molecule has 0 atom stereocenters. The third-order valence-corrected chi connectivity index (χ3v) is 6.97. The van der Waals surface area contributed by atoms with Crippen molar-refractivity contribution in [2.75, 3.05) is 25.2 Å². The number of nitrogens with zero attached hydrogens (tertiary/aromatic N) is 2. The van der Waals surface area contributed by atoms with E-state index < -0.39 is 0 Å². The van der Waals surface area contributed by atoms with Crippen LogP contribution in [0.25, 0.3) is 10.2 Å². The van der Waals surface area contributed by atoms with E-state index in [2.05, 4.69) is 35.4 Å². The number of benzene rings is 1. The summed E-state index contributed by atoms with van der Waals surface area (Å²) in [6.45, 7) is 3.25. The highest BCUT2D eigenvalue weighted by molar-refractivity contribution is 8.00. The molecule has 0 saturated heterocycles. The summed E-state index contributed by atoms with van der Waals surface area (Å²) in [6, 6.07) is 6.53. The molecular formula is C21H29N3O3S2. The Balaban J connectivity index is 1.60. The van der Waals surface area contributed by atoms with Gasteiger partial charge in [-0.15, -0.1) is 11.8 Å². The molecule has 0 radical (unpaired) electrons. The van der Waals surface area contributed by atoms with Gasteiger partial charge in [-0.05, 0) is 37.5 Å². The first-order valence-electron chi connectivity index (χ1n) is 10.1. The smallest absolute Gasteiger partial charge is 0.258 e. The fraction of sp³-hybridized carbons (Fsp3) is 0.571. The molecule has 29 heavy (non-hydrogen) atoms. The van der Waals surface area contributed by atoms with E-state index in [1.54, 1.807) is 7.11 Å². The zero-order chi connectivity index (χ0) is 20.6. The number of hydrogen-bond acceptors (Lipinski definition) is 5. The van der Waals surface area contributed by atoms with Crippen LogP contribution in [0.5, 0.6) is 0 Å². The van der Waals surface area contributed by atoms with Gasteiger partial charge < -0.3 is 14.6 Å². The van der Waals surface area contributed by atoms with Gasteiger partial charge in [-0.25, -0.2) is 0 Å². The van der Waals surface area contributed by atoms with Crippen LogP contribution in [0.2, 0.25) is 0 Å². The van der Waals surface area contributed by atoms with Gasteiger partial charge in [0.05, 0.1) is 28.3 Å². The number of thioether (sulfide) groups is 1. The van der Waals surface area contributed by atoms with Crippen LogP contribution in [-0.4, -0.2) is 47.6 Å². The van der Waals surface area contributed by atoms with Gasteiger partial charge in [-0.1, -0.05) is 36.7 Å². The maximum absolute atomic E-state index is 12.4. The molecule has 158 valence electrons. The number of hydrogen-bond donors (Lipinski definition) is 1. The lowest BCUT2D eigenvalue weighted by Gasteiger charge is -2.22. The van der Waals surface area contributed by atoms with Crippen LogP contribution in [0.3, 0.4) is 0 Å². The number of ether oxygens (including phenoxy) is 1. The second kappa shape index (κ2) is 10.9. The summed E-state index contributed by atoms with van der Waals surface area (Å²) in [7, 11) is 1.66. The first-order valence-corrected chi connectivity index (χ1v) is 12.1. The second-order valence-electron chi connectivity index (χ2n) is 7.40. The van der Waals surface area contributed by atoms with Crippen LogP contribution < -0.4 is 10.1 Å². The van der Waals surface area contributed by atoms with Crippen molar-refractivity contribution >= 4 is 45.1 Å². The molecule has 6 nitrogen and oxygen atoms in total. The van der Waals surface area contributed by atoms with Crippen LogP contribution in [0.15, 0.2) is 23.2 Å². The van der Waals surface area contributed by atoms with E-state index in [0.29, 0.717) is 29.7 Å². The topological polar surface area (TPSA) is 72.7 Å². The number of methoxy groups -OCH3 is 1. The van der Waals surface area contributed by atoms with Gasteiger partial charge in [0, 0.05) is 19.7 Å². The summed E-state index contributed by atoms with van der Waals surface area (Å²) < 4.78 is 8.34. The number of carbonyl (C=O) groups excluding carboxylic acids is 2. The monoisotopic (exact) mass is 435 g/mol. The van der Waals surface area contributed by atoms with Gasteiger partial charge in [0.25, 0.3) is 5.91 Å².